The summed E-state index contributed by atoms with van der Waals surface area (Å²) in [6, 6.07) is 4.90. The predicted octanol–water partition coefficient (Wildman–Crippen LogP) is 3.45. The van der Waals surface area contributed by atoms with Crippen LogP contribution in [0.5, 0.6) is 0 Å². The van der Waals surface area contributed by atoms with E-state index in [0.717, 1.165) is 0 Å². The standard InChI is InChI=1S/C12H16Cl2N2O/c1-3-12(15,4-2)11(17)16-10-7-8(13)5-6-9(10)14/h5-7H,3-4,15H2,1-2H3,(H,16,17). The molecule has 0 aliphatic heterocycles. The molecule has 3 N–H and O–H groups in total. The second-order valence-corrected chi connectivity index (χ2v) is 4.79. The maximum Gasteiger partial charge on any atom is 0.244 e. The molecule has 1 amide bonds. The highest BCUT2D eigenvalue weighted by atomic mass is 35.5. The molecule has 1 aromatic carbocycles. The highest BCUT2D eigenvalue weighted by Gasteiger charge is 2.30. The van der Waals surface area contributed by atoms with Crippen molar-refractivity contribution in [2.45, 2.75) is 32.2 Å². The molecule has 0 spiro atoms. The van der Waals surface area contributed by atoms with Gasteiger partial charge in [-0.1, -0.05) is 37.0 Å². The Hall–Kier alpha value is -0.770. The van der Waals surface area contributed by atoms with E-state index in [-0.39, 0.29) is 5.91 Å². The van der Waals surface area contributed by atoms with Crippen LogP contribution < -0.4 is 11.1 Å². The van der Waals surface area contributed by atoms with Crippen LogP contribution in [0.2, 0.25) is 10.0 Å². The molecule has 0 unspecified atom stereocenters. The van der Waals surface area contributed by atoms with Crippen LogP contribution in [0.3, 0.4) is 0 Å². The highest BCUT2D eigenvalue weighted by Crippen LogP contribution is 2.26. The van der Waals surface area contributed by atoms with Crippen molar-refractivity contribution in [3.63, 3.8) is 0 Å². The summed E-state index contributed by atoms with van der Waals surface area (Å²) in [5.41, 5.74) is 5.61. The Morgan fingerprint density at radius 2 is 1.94 bits per heavy atom. The summed E-state index contributed by atoms with van der Waals surface area (Å²) in [5.74, 6) is -0.244. The summed E-state index contributed by atoms with van der Waals surface area (Å²) in [7, 11) is 0. The molecular formula is C12H16Cl2N2O. The molecule has 0 aliphatic carbocycles. The van der Waals surface area contributed by atoms with Crippen LogP contribution in [0.15, 0.2) is 18.2 Å². The summed E-state index contributed by atoms with van der Waals surface area (Å²) < 4.78 is 0. The molecule has 0 radical (unpaired) electrons. The largest absolute Gasteiger partial charge is 0.323 e. The second-order valence-electron chi connectivity index (χ2n) is 3.94. The van der Waals surface area contributed by atoms with E-state index in [1.165, 1.54) is 0 Å². The molecule has 1 aromatic rings. The van der Waals surface area contributed by atoms with Gasteiger partial charge in [0, 0.05) is 5.02 Å². The van der Waals surface area contributed by atoms with Crippen LogP contribution in [0.4, 0.5) is 5.69 Å². The number of amides is 1. The summed E-state index contributed by atoms with van der Waals surface area (Å²) in [6.07, 6.45) is 1.13. The van der Waals surface area contributed by atoms with Crippen molar-refractivity contribution in [3.05, 3.63) is 28.2 Å². The van der Waals surface area contributed by atoms with E-state index in [1.54, 1.807) is 18.2 Å². The molecule has 0 saturated carbocycles. The van der Waals surface area contributed by atoms with E-state index in [9.17, 15) is 4.79 Å². The minimum absolute atomic E-state index is 0.244. The minimum atomic E-state index is -0.869. The van der Waals surface area contributed by atoms with Gasteiger partial charge in [0.25, 0.3) is 0 Å². The molecule has 0 fully saturated rings. The SMILES string of the molecule is CCC(N)(CC)C(=O)Nc1cc(Cl)ccc1Cl. The minimum Gasteiger partial charge on any atom is -0.323 e. The number of carbonyl (C=O) groups is 1. The van der Waals surface area contributed by atoms with Crippen molar-refractivity contribution in [1.29, 1.82) is 0 Å². The summed E-state index contributed by atoms with van der Waals surface area (Å²) in [5, 5.41) is 3.67. The lowest BCUT2D eigenvalue weighted by molar-refractivity contribution is -0.121. The summed E-state index contributed by atoms with van der Waals surface area (Å²) in [4.78, 5) is 12.0. The number of benzene rings is 1. The van der Waals surface area contributed by atoms with Gasteiger partial charge in [-0.15, -0.1) is 0 Å². The van der Waals surface area contributed by atoms with Gasteiger partial charge in [0.15, 0.2) is 0 Å². The fourth-order valence-corrected chi connectivity index (χ4v) is 1.75. The first-order chi connectivity index (χ1) is 7.92. The van der Waals surface area contributed by atoms with E-state index in [2.05, 4.69) is 5.32 Å². The Labute approximate surface area is 111 Å². The quantitative estimate of drug-likeness (QED) is 0.884. The maximum absolute atomic E-state index is 12.0. The van der Waals surface area contributed by atoms with E-state index in [1.807, 2.05) is 13.8 Å². The third-order valence-electron chi connectivity index (χ3n) is 2.89. The average molecular weight is 275 g/mol. The smallest absolute Gasteiger partial charge is 0.244 e. The van der Waals surface area contributed by atoms with Gasteiger partial charge in [0.2, 0.25) is 5.91 Å². The van der Waals surface area contributed by atoms with Crippen LogP contribution in [0.25, 0.3) is 0 Å². The molecule has 0 aliphatic rings. The number of nitrogens with one attached hydrogen (secondary N) is 1. The first kappa shape index (κ1) is 14.3. The van der Waals surface area contributed by atoms with Crippen molar-refractivity contribution in [3.8, 4) is 0 Å². The van der Waals surface area contributed by atoms with Gasteiger partial charge >= 0.3 is 0 Å². The van der Waals surface area contributed by atoms with Gasteiger partial charge in [0.1, 0.15) is 0 Å². The fraction of sp³-hybridized carbons (Fsp3) is 0.417. The molecule has 1 rings (SSSR count). The van der Waals surface area contributed by atoms with Crippen LogP contribution in [0, 0.1) is 0 Å². The van der Waals surface area contributed by atoms with Gasteiger partial charge < -0.3 is 11.1 Å². The van der Waals surface area contributed by atoms with Crippen LogP contribution in [0.1, 0.15) is 26.7 Å². The van der Waals surface area contributed by atoms with Gasteiger partial charge in [-0.05, 0) is 31.0 Å². The summed E-state index contributed by atoms with van der Waals surface area (Å²) >= 11 is 11.8. The summed E-state index contributed by atoms with van der Waals surface area (Å²) in [6.45, 7) is 3.76. The van der Waals surface area contributed by atoms with Gasteiger partial charge in [-0.3, -0.25) is 4.79 Å². The number of hydrogen-bond acceptors (Lipinski definition) is 2. The number of anilines is 1. The van der Waals surface area contributed by atoms with Crippen LogP contribution in [-0.2, 0) is 4.79 Å². The van der Waals surface area contributed by atoms with Crippen molar-refractivity contribution in [1.82, 2.24) is 0 Å². The Balaban J connectivity index is 2.91. The van der Waals surface area contributed by atoms with Gasteiger partial charge in [0.05, 0.1) is 16.2 Å². The topological polar surface area (TPSA) is 55.1 Å². The van der Waals surface area contributed by atoms with Crippen LogP contribution in [-0.4, -0.2) is 11.4 Å². The number of hydrogen-bond donors (Lipinski definition) is 2. The zero-order valence-corrected chi connectivity index (χ0v) is 11.4. The molecular weight excluding hydrogens is 259 g/mol. The lowest BCUT2D eigenvalue weighted by atomic mass is 9.93. The van der Waals surface area contributed by atoms with Crippen molar-refractivity contribution in [2.24, 2.45) is 5.73 Å². The third-order valence-corrected chi connectivity index (χ3v) is 3.46. The molecule has 0 saturated heterocycles. The molecule has 94 valence electrons. The van der Waals surface area contributed by atoms with E-state index < -0.39 is 5.54 Å². The fourth-order valence-electron chi connectivity index (χ4n) is 1.41. The maximum atomic E-state index is 12.0. The zero-order chi connectivity index (χ0) is 13.1. The Morgan fingerprint density at radius 1 is 1.35 bits per heavy atom. The van der Waals surface area contributed by atoms with Gasteiger partial charge in [-0.25, -0.2) is 0 Å². The number of carbonyl (C=O) groups excluding carboxylic acids is 1. The van der Waals surface area contributed by atoms with E-state index in [4.69, 9.17) is 28.9 Å². The molecule has 0 atom stereocenters. The molecule has 17 heavy (non-hydrogen) atoms. The highest BCUT2D eigenvalue weighted by molar-refractivity contribution is 6.35. The van der Waals surface area contributed by atoms with Crippen molar-refractivity contribution >= 4 is 34.8 Å². The van der Waals surface area contributed by atoms with E-state index >= 15 is 0 Å². The lowest BCUT2D eigenvalue weighted by Gasteiger charge is -2.25. The number of rotatable bonds is 4. The first-order valence-corrected chi connectivity index (χ1v) is 6.24. The Morgan fingerprint density at radius 3 is 2.47 bits per heavy atom. The lowest BCUT2D eigenvalue weighted by Crippen LogP contribution is -2.50. The first-order valence-electron chi connectivity index (χ1n) is 5.48. The normalized spacial score (nSPS) is 11.4. The third kappa shape index (κ3) is 3.35. The molecule has 5 heteroatoms. The number of nitrogens with two attached hydrogens (primary N) is 1. The van der Waals surface area contributed by atoms with E-state index in [0.29, 0.717) is 28.6 Å². The average Bonchev–Trinajstić information content (AvgIpc) is 2.32. The predicted molar refractivity (Wildman–Crippen MR) is 72.6 cm³/mol. The van der Waals surface area contributed by atoms with Crippen LogP contribution >= 0.6 is 23.2 Å². The number of halogens is 2. The Kier molecular flexibility index (Phi) is 4.80. The zero-order valence-electron chi connectivity index (χ0n) is 9.89. The molecule has 0 heterocycles. The second kappa shape index (κ2) is 5.71. The monoisotopic (exact) mass is 274 g/mol. The van der Waals surface area contributed by atoms with Crippen molar-refractivity contribution in [2.75, 3.05) is 5.32 Å². The molecule has 0 aromatic heterocycles. The molecule has 0 bridgehead atoms. The molecule has 3 nitrogen and oxygen atoms in total. The Bertz CT molecular complexity index is 417. The van der Waals surface area contributed by atoms with Gasteiger partial charge in [-0.2, -0.15) is 0 Å². The van der Waals surface area contributed by atoms with Crippen molar-refractivity contribution < 1.29 is 4.79 Å².